The van der Waals surface area contributed by atoms with Crippen LogP contribution in [-0.2, 0) is 4.74 Å². The van der Waals surface area contributed by atoms with Crippen molar-refractivity contribution in [2.24, 2.45) is 0 Å². The molecule has 0 radical (unpaired) electrons. The number of benzene rings is 2. The summed E-state index contributed by atoms with van der Waals surface area (Å²) in [6, 6.07) is 11.5. The molecule has 2 aromatic rings. The molecule has 0 spiro atoms. The topological polar surface area (TPSA) is 86.5 Å². The second-order valence-electron chi connectivity index (χ2n) is 7.21. The van der Waals surface area contributed by atoms with Crippen molar-refractivity contribution >= 4 is 17.4 Å². The lowest BCUT2D eigenvalue weighted by atomic mass is 9.84. The number of carbonyl (C=O) groups is 2. The van der Waals surface area contributed by atoms with Crippen LogP contribution in [0.4, 0.5) is 5.69 Å². The second-order valence-corrected chi connectivity index (χ2v) is 7.21. The van der Waals surface area contributed by atoms with Gasteiger partial charge in [0.1, 0.15) is 0 Å². The third-order valence-corrected chi connectivity index (χ3v) is 5.27. The Balaban J connectivity index is 1.58. The van der Waals surface area contributed by atoms with Crippen molar-refractivity contribution in [3.8, 4) is 0 Å². The minimum absolute atomic E-state index is 0.0642. The molecule has 0 unspecified atom stereocenters. The Bertz CT molecular complexity index is 882. The van der Waals surface area contributed by atoms with Gasteiger partial charge in [-0.15, -0.1) is 0 Å². The molecule has 2 aromatic carbocycles. The summed E-state index contributed by atoms with van der Waals surface area (Å²) in [5, 5.41) is 10.8. The van der Waals surface area contributed by atoms with E-state index in [0.29, 0.717) is 17.0 Å². The summed E-state index contributed by atoms with van der Waals surface area (Å²) in [7, 11) is 0. The van der Waals surface area contributed by atoms with Gasteiger partial charge in [0.15, 0.2) is 12.4 Å². The van der Waals surface area contributed by atoms with Crippen LogP contribution in [0.1, 0.15) is 69.9 Å². The third-order valence-electron chi connectivity index (χ3n) is 5.27. The van der Waals surface area contributed by atoms with Crippen molar-refractivity contribution in [2.75, 3.05) is 6.61 Å². The average Bonchev–Trinajstić information content (AvgIpc) is 2.72. The molecule has 0 aromatic heterocycles. The fourth-order valence-corrected chi connectivity index (χ4v) is 3.66. The number of Topliss-reactive ketones (excluding diaryl/α,β-unsaturated/α-hetero) is 1. The van der Waals surface area contributed by atoms with E-state index in [-0.39, 0.29) is 23.6 Å². The van der Waals surface area contributed by atoms with Crippen molar-refractivity contribution in [3.63, 3.8) is 0 Å². The maximum Gasteiger partial charge on any atom is 0.338 e. The zero-order valence-corrected chi connectivity index (χ0v) is 15.8. The number of nitro benzene ring substituents is 1. The van der Waals surface area contributed by atoms with Gasteiger partial charge in [0.05, 0.1) is 10.5 Å². The van der Waals surface area contributed by atoms with Crippen LogP contribution in [-0.4, -0.2) is 23.3 Å². The van der Waals surface area contributed by atoms with Crippen LogP contribution in [0.15, 0.2) is 42.5 Å². The molecule has 1 fully saturated rings. The van der Waals surface area contributed by atoms with E-state index in [4.69, 9.17) is 4.74 Å². The van der Waals surface area contributed by atoms with E-state index in [1.54, 1.807) is 19.1 Å². The molecule has 0 N–H and O–H groups in total. The molecule has 1 aliphatic carbocycles. The van der Waals surface area contributed by atoms with E-state index < -0.39 is 10.9 Å². The van der Waals surface area contributed by atoms with E-state index in [9.17, 15) is 19.7 Å². The Morgan fingerprint density at radius 1 is 1.04 bits per heavy atom. The van der Waals surface area contributed by atoms with Crippen molar-refractivity contribution in [1.82, 2.24) is 0 Å². The molecular weight excluding hydrogens is 358 g/mol. The third kappa shape index (κ3) is 4.63. The monoisotopic (exact) mass is 381 g/mol. The number of nitro groups is 1. The molecule has 0 saturated heterocycles. The van der Waals surface area contributed by atoms with Gasteiger partial charge in [0, 0.05) is 17.2 Å². The minimum atomic E-state index is -0.676. The average molecular weight is 381 g/mol. The van der Waals surface area contributed by atoms with Gasteiger partial charge >= 0.3 is 5.97 Å². The molecule has 6 nitrogen and oxygen atoms in total. The number of carbonyl (C=O) groups excluding carboxylic acids is 2. The predicted molar refractivity (Wildman–Crippen MR) is 105 cm³/mol. The summed E-state index contributed by atoms with van der Waals surface area (Å²) in [6.07, 6.45) is 6.19. The number of ketones is 1. The SMILES string of the molecule is Cc1cc(C(=O)OCC(=O)c2ccc(C3CCCCC3)cc2)ccc1[N+](=O)[O-]. The molecule has 0 heterocycles. The fraction of sp³-hybridized carbons (Fsp3) is 0.364. The van der Waals surface area contributed by atoms with Gasteiger partial charge in [-0.1, -0.05) is 43.5 Å². The number of hydrogen-bond donors (Lipinski definition) is 0. The number of aryl methyl sites for hydroxylation is 1. The van der Waals surface area contributed by atoms with E-state index in [1.165, 1.54) is 55.9 Å². The lowest BCUT2D eigenvalue weighted by molar-refractivity contribution is -0.385. The number of esters is 1. The lowest BCUT2D eigenvalue weighted by Gasteiger charge is -2.22. The molecular formula is C22H23NO5. The normalized spacial score (nSPS) is 14.5. The Kier molecular flexibility index (Phi) is 6.19. The molecule has 0 atom stereocenters. The summed E-state index contributed by atoms with van der Waals surface area (Å²) in [5.74, 6) is -0.381. The standard InChI is InChI=1S/C22H23NO5/c1-15-13-19(11-12-20(15)23(26)27)22(25)28-14-21(24)18-9-7-17(8-10-18)16-5-3-2-4-6-16/h7-13,16H,2-6,14H2,1H3. The molecule has 1 saturated carbocycles. The van der Waals surface area contributed by atoms with E-state index in [1.807, 2.05) is 12.1 Å². The molecule has 28 heavy (non-hydrogen) atoms. The van der Waals surface area contributed by atoms with Crippen LogP contribution >= 0.6 is 0 Å². The molecule has 0 bridgehead atoms. The summed E-state index contributed by atoms with van der Waals surface area (Å²) in [5.41, 5.74) is 2.25. The smallest absolute Gasteiger partial charge is 0.338 e. The van der Waals surface area contributed by atoms with Crippen molar-refractivity contribution in [1.29, 1.82) is 0 Å². The zero-order chi connectivity index (χ0) is 20.1. The Morgan fingerprint density at radius 2 is 1.68 bits per heavy atom. The largest absolute Gasteiger partial charge is 0.454 e. The zero-order valence-electron chi connectivity index (χ0n) is 15.8. The number of nitrogens with zero attached hydrogens (tertiary/aromatic N) is 1. The summed E-state index contributed by atoms with van der Waals surface area (Å²) < 4.78 is 5.09. The highest BCUT2D eigenvalue weighted by molar-refractivity contribution is 5.99. The highest BCUT2D eigenvalue weighted by Gasteiger charge is 2.18. The molecule has 0 amide bonds. The Labute approximate surface area is 163 Å². The van der Waals surface area contributed by atoms with Crippen molar-refractivity contribution in [2.45, 2.75) is 44.9 Å². The van der Waals surface area contributed by atoms with Crippen LogP contribution < -0.4 is 0 Å². The van der Waals surface area contributed by atoms with Crippen molar-refractivity contribution < 1.29 is 19.2 Å². The summed E-state index contributed by atoms with van der Waals surface area (Å²) in [4.78, 5) is 34.8. The highest BCUT2D eigenvalue weighted by Crippen LogP contribution is 2.32. The molecule has 6 heteroatoms. The van der Waals surface area contributed by atoms with Crippen LogP contribution in [0, 0.1) is 17.0 Å². The summed E-state index contributed by atoms with van der Waals surface area (Å²) in [6.45, 7) is 1.19. The number of rotatable bonds is 6. The first-order valence-electron chi connectivity index (χ1n) is 9.51. The van der Waals surface area contributed by atoms with Gasteiger partial charge in [-0.3, -0.25) is 14.9 Å². The molecule has 1 aliphatic rings. The van der Waals surface area contributed by atoms with Gasteiger partial charge in [-0.2, -0.15) is 0 Å². The Morgan fingerprint density at radius 3 is 2.29 bits per heavy atom. The summed E-state index contributed by atoms with van der Waals surface area (Å²) >= 11 is 0. The Hall–Kier alpha value is -3.02. The highest BCUT2D eigenvalue weighted by atomic mass is 16.6. The van der Waals surface area contributed by atoms with Crippen LogP contribution in [0.5, 0.6) is 0 Å². The van der Waals surface area contributed by atoms with E-state index in [2.05, 4.69) is 0 Å². The maximum absolute atomic E-state index is 12.3. The quantitative estimate of drug-likeness (QED) is 0.304. The van der Waals surface area contributed by atoms with Crippen LogP contribution in [0.3, 0.4) is 0 Å². The van der Waals surface area contributed by atoms with Gasteiger partial charge in [-0.25, -0.2) is 4.79 Å². The molecule has 3 rings (SSSR count). The first-order valence-corrected chi connectivity index (χ1v) is 9.51. The number of hydrogen-bond acceptors (Lipinski definition) is 5. The van der Waals surface area contributed by atoms with Crippen LogP contribution in [0.2, 0.25) is 0 Å². The number of ether oxygens (including phenoxy) is 1. The van der Waals surface area contributed by atoms with E-state index in [0.717, 1.165) is 0 Å². The van der Waals surface area contributed by atoms with Crippen molar-refractivity contribution in [3.05, 3.63) is 74.8 Å². The predicted octanol–water partition coefficient (Wildman–Crippen LogP) is 4.99. The van der Waals surface area contributed by atoms with Gasteiger partial charge in [-0.05, 0) is 43.4 Å². The first kappa shape index (κ1) is 19.7. The maximum atomic E-state index is 12.3. The molecule has 146 valence electrons. The van der Waals surface area contributed by atoms with Gasteiger partial charge in [0.2, 0.25) is 0 Å². The fourth-order valence-electron chi connectivity index (χ4n) is 3.66. The van der Waals surface area contributed by atoms with Crippen LogP contribution in [0.25, 0.3) is 0 Å². The minimum Gasteiger partial charge on any atom is -0.454 e. The van der Waals surface area contributed by atoms with Gasteiger partial charge in [0.25, 0.3) is 5.69 Å². The van der Waals surface area contributed by atoms with Gasteiger partial charge < -0.3 is 4.74 Å². The second kappa shape index (κ2) is 8.78. The lowest BCUT2D eigenvalue weighted by Crippen LogP contribution is -2.14. The molecule has 0 aliphatic heterocycles. The van der Waals surface area contributed by atoms with E-state index >= 15 is 0 Å². The first-order chi connectivity index (χ1) is 13.5.